The van der Waals surface area contributed by atoms with E-state index in [0.29, 0.717) is 27.9 Å². The van der Waals surface area contributed by atoms with Crippen LogP contribution >= 0.6 is 31.6 Å². The second kappa shape index (κ2) is 9.12. The quantitative estimate of drug-likeness (QED) is 0.574. The van der Waals surface area contributed by atoms with E-state index in [0.717, 1.165) is 0 Å². The summed E-state index contributed by atoms with van der Waals surface area (Å²) in [6.45, 7) is 13.7. The molecule has 1 rings (SSSR count). The first-order chi connectivity index (χ1) is 8.36. The Morgan fingerprint density at radius 2 is 1.11 bits per heavy atom. The number of rotatable bonds is 3. The molecule has 0 spiro atoms. The summed E-state index contributed by atoms with van der Waals surface area (Å²) >= 11 is 0. The number of hydrogen-bond donors (Lipinski definition) is 0. The van der Waals surface area contributed by atoms with Gasteiger partial charge in [0.2, 0.25) is 0 Å². The third kappa shape index (κ3) is 5.42. The van der Waals surface area contributed by atoms with E-state index in [-0.39, 0.29) is 0 Å². The minimum absolute atomic E-state index is 0.626. The topological polar surface area (TPSA) is 0 Å². The summed E-state index contributed by atoms with van der Waals surface area (Å²) in [5, 5.41) is 0. The normalized spacial score (nSPS) is 10.8. The average Bonchev–Trinajstić information content (AvgIpc) is 2.28. The van der Waals surface area contributed by atoms with Gasteiger partial charge in [-0.3, -0.25) is 0 Å². The zero-order valence-electron chi connectivity index (χ0n) is 12.1. The second-order valence-corrected chi connectivity index (χ2v) is 6.89. The Morgan fingerprint density at radius 1 is 0.778 bits per heavy atom. The van der Waals surface area contributed by atoms with Crippen LogP contribution in [0.25, 0.3) is 0 Å². The summed E-state index contributed by atoms with van der Waals surface area (Å²) < 4.78 is 0. The van der Waals surface area contributed by atoms with Gasteiger partial charge in [-0.05, 0) is 55.8 Å². The first-order valence-electron chi connectivity index (χ1n) is 6.38. The molecule has 0 radical (unpaired) electrons. The molecule has 0 aromatic heterocycles. The lowest BCUT2D eigenvalue weighted by Crippen LogP contribution is -2.04. The van der Waals surface area contributed by atoms with Gasteiger partial charge in [-0.15, -0.1) is 0 Å². The maximum absolute atomic E-state index is 4.68. The summed E-state index contributed by atoms with van der Waals surface area (Å²) in [5.41, 5.74) is 4.62. The van der Waals surface area contributed by atoms with Crippen molar-refractivity contribution < 1.29 is 0 Å². The van der Waals surface area contributed by atoms with Gasteiger partial charge in [-0.25, -0.2) is 0 Å². The maximum atomic E-state index is 4.68. The Balaban J connectivity index is 0.000000873. The summed E-state index contributed by atoms with van der Waals surface area (Å²) in [5.74, 6) is 1.88. The Kier molecular flexibility index (Phi) is 9.19. The molecular formula is C15H24Cl2S. The van der Waals surface area contributed by atoms with Crippen molar-refractivity contribution in [2.45, 2.75) is 59.3 Å². The molecular weight excluding hydrogens is 283 g/mol. The number of hydrogen-bond acceptors (Lipinski definition) is 1. The highest BCUT2D eigenvalue weighted by atomic mass is 36.0. The van der Waals surface area contributed by atoms with E-state index in [9.17, 15) is 0 Å². The van der Waals surface area contributed by atoms with Gasteiger partial charge in [0.15, 0.2) is 0 Å². The highest BCUT2D eigenvalue weighted by molar-refractivity contribution is 8.38. The predicted molar refractivity (Wildman–Crippen MR) is 88.0 cm³/mol. The zero-order valence-corrected chi connectivity index (χ0v) is 14.5. The molecule has 0 fully saturated rings. The Hall–Kier alpha value is 0.150. The van der Waals surface area contributed by atoms with Crippen molar-refractivity contribution >= 4 is 31.6 Å². The molecule has 0 bridgehead atoms. The van der Waals surface area contributed by atoms with Crippen molar-refractivity contribution in [2.24, 2.45) is 0 Å². The number of halogens is 2. The zero-order chi connectivity index (χ0) is 14.3. The fourth-order valence-electron chi connectivity index (χ4n) is 2.28. The van der Waals surface area contributed by atoms with Crippen LogP contribution in [0.3, 0.4) is 0 Å². The molecule has 1 aromatic rings. The van der Waals surface area contributed by atoms with Crippen LogP contribution in [-0.2, 0) is 0 Å². The van der Waals surface area contributed by atoms with Crippen molar-refractivity contribution in [2.75, 3.05) is 0 Å². The Labute approximate surface area is 125 Å². The average molecular weight is 307 g/mol. The predicted octanol–water partition coefficient (Wildman–Crippen LogP) is 7.08. The van der Waals surface area contributed by atoms with Crippen molar-refractivity contribution in [3.63, 3.8) is 0 Å². The highest BCUT2D eigenvalue weighted by Crippen LogP contribution is 2.32. The molecule has 0 aliphatic heterocycles. The largest absolute Gasteiger partial charge is 0.0617 e. The lowest BCUT2D eigenvalue weighted by Gasteiger charge is -2.22. The first-order valence-corrected chi connectivity index (χ1v) is 8.85. The number of benzene rings is 1. The van der Waals surface area contributed by atoms with Gasteiger partial charge >= 0.3 is 0 Å². The fourth-order valence-corrected chi connectivity index (χ4v) is 2.28. The summed E-state index contributed by atoms with van der Waals surface area (Å²) in [6.07, 6.45) is 0. The van der Waals surface area contributed by atoms with Crippen molar-refractivity contribution in [1.29, 1.82) is 0 Å². The molecule has 0 heterocycles. The molecule has 0 saturated carbocycles. The maximum Gasteiger partial charge on any atom is 0.0523 e. The van der Waals surface area contributed by atoms with Gasteiger partial charge in [0, 0.05) is 0 Å². The van der Waals surface area contributed by atoms with Gasteiger partial charge in [-0.1, -0.05) is 59.7 Å². The minimum Gasteiger partial charge on any atom is -0.0617 e. The van der Waals surface area contributed by atoms with Crippen LogP contribution in [0.5, 0.6) is 0 Å². The summed E-state index contributed by atoms with van der Waals surface area (Å²) in [7, 11) is 10.1. The van der Waals surface area contributed by atoms with Crippen LogP contribution in [-0.4, -0.2) is 0 Å². The Bertz CT molecular complexity index is 320. The van der Waals surface area contributed by atoms with Crippen LogP contribution in [0.2, 0.25) is 0 Å². The van der Waals surface area contributed by atoms with Gasteiger partial charge in [0.1, 0.15) is 0 Å². The van der Waals surface area contributed by atoms with E-state index in [4.69, 9.17) is 0 Å². The molecule has 3 heteroatoms. The lowest BCUT2D eigenvalue weighted by atomic mass is 9.83. The van der Waals surface area contributed by atoms with Crippen LogP contribution in [0.1, 0.15) is 76.0 Å². The van der Waals surface area contributed by atoms with Gasteiger partial charge in [-0.2, -0.15) is 0 Å². The second-order valence-electron chi connectivity index (χ2n) is 5.37. The fraction of sp³-hybridized carbons (Fsp3) is 0.600. The molecule has 0 aliphatic carbocycles. The van der Waals surface area contributed by atoms with E-state index in [1.807, 2.05) is 0 Å². The molecule has 0 aliphatic rings. The molecule has 1 aromatic carbocycles. The SMILES string of the molecule is CC(C)c1cccc(C(C)C)c1C(C)C.ClSCl. The third-order valence-corrected chi connectivity index (χ3v) is 2.99. The van der Waals surface area contributed by atoms with E-state index in [1.165, 1.54) is 11.1 Å². The highest BCUT2D eigenvalue weighted by Gasteiger charge is 2.15. The van der Waals surface area contributed by atoms with E-state index < -0.39 is 0 Å². The van der Waals surface area contributed by atoms with Gasteiger partial charge in [0.25, 0.3) is 0 Å². The van der Waals surface area contributed by atoms with Gasteiger partial charge < -0.3 is 0 Å². The Morgan fingerprint density at radius 3 is 1.33 bits per heavy atom. The van der Waals surface area contributed by atoms with Crippen LogP contribution in [0.4, 0.5) is 0 Å². The van der Waals surface area contributed by atoms with Crippen LogP contribution in [0, 0.1) is 0 Å². The minimum atomic E-state index is 0.626. The molecule has 0 unspecified atom stereocenters. The standard InChI is InChI=1S/C15H24.Cl2S/c1-10(2)13-8-7-9-14(11(3)4)15(13)12(5)6;1-3-2/h7-12H,1-6H3;. The summed E-state index contributed by atoms with van der Waals surface area (Å²) in [6, 6.07) is 6.77. The molecule has 0 saturated heterocycles. The van der Waals surface area contributed by atoms with Crippen LogP contribution < -0.4 is 0 Å². The molecule has 0 nitrogen and oxygen atoms in total. The molecule has 0 atom stereocenters. The third-order valence-electron chi connectivity index (χ3n) is 2.99. The summed E-state index contributed by atoms with van der Waals surface area (Å²) in [4.78, 5) is 0. The molecule has 0 amide bonds. The van der Waals surface area contributed by atoms with Crippen LogP contribution in [0.15, 0.2) is 18.2 Å². The van der Waals surface area contributed by atoms with E-state index >= 15 is 0 Å². The first kappa shape index (κ1) is 18.1. The lowest BCUT2D eigenvalue weighted by molar-refractivity contribution is 0.748. The molecule has 0 N–H and O–H groups in total. The van der Waals surface area contributed by atoms with Crippen molar-refractivity contribution in [3.8, 4) is 0 Å². The van der Waals surface area contributed by atoms with E-state index in [2.05, 4.69) is 81.1 Å². The monoisotopic (exact) mass is 306 g/mol. The molecule has 18 heavy (non-hydrogen) atoms. The smallest absolute Gasteiger partial charge is 0.0523 e. The van der Waals surface area contributed by atoms with Crippen molar-refractivity contribution in [3.05, 3.63) is 34.9 Å². The van der Waals surface area contributed by atoms with Gasteiger partial charge in [0.05, 0.1) is 10.2 Å². The van der Waals surface area contributed by atoms with E-state index in [1.54, 1.807) is 5.56 Å². The van der Waals surface area contributed by atoms with Crippen molar-refractivity contribution in [1.82, 2.24) is 0 Å². The molecule has 104 valence electrons.